The van der Waals surface area contributed by atoms with Crippen LogP contribution in [0.2, 0.25) is 5.02 Å². The Labute approximate surface area is 125 Å². The Morgan fingerprint density at radius 3 is 2.55 bits per heavy atom. The third-order valence-corrected chi connectivity index (χ3v) is 5.45. The highest BCUT2D eigenvalue weighted by Gasteiger charge is 2.28. The highest BCUT2D eigenvalue weighted by atomic mass is 35.5. The molecule has 0 aliphatic heterocycles. The molecular formula is C13H20ClNO4S. The van der Waals surface area contributed by atoms with Crippen LogP contribution < -0.4 is 0 Å². The van der Waals surface area contributed by atoms with Gasteiger partial charge in [0.25, 0.3) is 0 Å². The summed E-state index contributed by atoms with van der Waals surface area (Å²) in [6.07, 6.45) is 0. The van der Waals surface area contributed by atoms with Crippen LogP contribution in [0.25, 0.3) is 0 Å². The van der Waals surface area contributed by atoms with Crippen LogP contribution in [-0.4, -0.2) is 44.1 Å². The maximum Gasteiger partial charge on any atom is 0.243 e. The molecule has 1 rings (SSSR count). The number of likely N-dealkylation sites (N-methyl/N-ethyl adjacent to an activating group) is 1. The maximum absolute atomic E-state index is 12.6. The van der Waals surface area contributed by atoms with E-state index in [1.807, 2.05) is 0 Å². The molecule has 5 nitrogen and oxygen atoms in total. The van der Waals surface area contributed by atoms with Crippen molar-refractivity contribution < 1.29 is 18.3 Å². The average Bonchev–Trinajstić information content (AvgIpc) is 2.39. The molecule has 0 aliphatic rings. The van der Waals surface area contributed by atoms with Gasteiger partial charge in [0, 0.05) is 24.7 Å². The first-order valence-corrected chi connectivity index (χ1v) is 8.10. The normalized spacial score (nSPS) is 13.7. The van der Waals surface area contributed by atoms with Crippen LogP contribution in [0.1, 0.15) is 19.4 Å². The summed E-state index contributed by atoms with van der Waals surface area (Å²) in [6.45, 7) is 3.99. The van der Waals surface area contributed by atoms with E-state index in [9.17, 15) is 8.42 Å². The van der Waals surface area contributed by atoms with E-state index in [4.69, 9.17) is 21.4 Å². The summed E-state index contributed by atoms with van der Waals surface area (Å²) in [6, 6.07) is 4.06. The number of hydrogen-bond donors (Lipinski definition) is 1. The summed E-state index contributed by atoms with van der Waals surface area (Å²) in [5.74, 6) is 0. The number of aliphatic hydroxyl groups excluding tert-OH is 1. The van der Waals surface area contributed by atoms with Gasteiger partial charge in [0.1, 0.15) is 0 Å². The highest BCUT2D eigenvalue weighted by molar-refractivity contribution is 7.89. The SMILES string of the molecule is CCN(C(C)COC)S(=O)(=O)c1ccc(CO)c(Cl)c1. The third kappa shape index (κ3) is 3.71. The minimum Gasteiger partial charge on any atom is -0.392 e. The number of methoxy groups -OCH3 is 1. The zero-order valence-electron chi connectivity index (χ0n) is 11.8. The Morgan fingerprint density at radius 2 is 2.10 bits per heavy atom. The number of aliphatic hydroxyl groups is 1. The lowest BCUT2D eigenvalue weighted by molar-refractivity contribution is 0.142. The second-order valence-corrected chi connectivity index (χ2v) is 6.72. The molecule has 0 spiro atoms. The number of benzene rings is 1. The molecule has 1 N–H and O–H groups in total. The largest absolute Gasteiger partial charge is 0.392 e. The molecule has 0 bridgehead atoms. The Hall–Kier alpha value is -0.660. The van der Waals surface area contributed by atoms with Crippen LogP contribution in [0.5, 0.6) is 0 Å². The van der Waals surface area contributed by atoms with Gasteiger partial charge in [-0.3, -0.25) is 0 Å². The van der Waals surface area contributed by atoms with Gasteiger partial charge in [0.2, 0.25) is 10.0 Å². The topological polar surface area (TPSA) is 66.8 Å². The number of hydrogen-bond acceptors (Lipinski definition) is 4. The monoisotopic (exact) mass is 321 g/mol. The molecule has 0 radical (unpaired) electrons. The molecule has 0 heterocycles. The van der Waals surface area contributed by atoms with Gasteiger partial charge in [-0.1, -0.05) is 24.6 Å². The van der Waals surface area contributed by atoms with Crippen molar-refractivity contribution in [3.63, 3.8) is 0 Å². The van der Waals surface area contributed by atoms with Crippen molar-refractivity contribution in [1.82, 2.24) is 4.31 Å². The molecule has 20 heavy (non-hydrogen) atoms. The molecule has 0 saturated carbocycles. The molecule has 114 valence electrons. The Morgan fingerprint density at radius 1 is 1.45 bits per heavy atom. The van der Waals surface area contributed by atoms with Gasteiger partial charge < -0.3 is 9.84 Å². The minimum atomic E-state index is -3.63. The van der Waals surface area contributed by atoms with Crippen LogP contribution in [0.15, 0.2) is 23.1 Å². The summed E-state index contributed by atoms with van der Waals surface area (Å²) in [7, 11) is -2.10. The van der Waals surface area contributed by atoms with Crippen molar-refractivity contribution in [1.29, 1.82) is 0 Å². The van der Waals surface area contributed by atoms with E-state index in [0.717, 1.165) is 0 Å². The van der Waals surface area contributed by atoms with E-state index >= 15 is 0 Å². The van der Waals surface area contributed by atoms with E-state index in [1.165, 1.54) is 29.6 Å². The fourth-order valence-corrected chi connectivity index (χ4v) is 3.95. The lowest BCUT2D eigenvalue weighted by atomic mass is 10.2. The summed E-state index contributed by atoms with van der Waals surface area (Å²) < 4.78 is 31.5. The van der Waals surface area contributed by atoms with Crippen molar-refractivity contribution in [2.75, 3.05) is 20.3 Å². The van der Waals surface area contributed by atoms with Gasteiger partial charge in [-0.05, 0) is 24.6 Å². The fourth-order valence-electron chi connectivity index (χ4n) is 1.99. The molecule has 0 aromatic heterocycles. The first-order chi connectivity index (χ1) is 9.38. The Kier molecular flexibility index (Phi) is 6.42. The quantitative estimate of drug-likeness (QED) is 0.832. The van der Waals surface area contributed by atoms with Gasteiger partial charge >= 0.3 is 0 Å². The zero-order chi connectivity index (χ0) is 15.3. The lowest BCUT2D eigenvalue weighted by Gasteiger charge is -2.26. The number of halogens is 1. The van der Waals surface area contributed by atoms with Gasteiger partial charge in [-0.15, -0.1) is 0 Å². The molecular weight excluding hydrogens is 302 g/mol. The van der Waals surface area contributed by atoms with Gasteiger partial charge in [-0.2, -0.15) is 4.31 Å². The Balaban J connectivity index is 3.17. The van der Waals surface area contributed by atoms with Gasteiger partial charge in [0.15, 0.2) is 0 Å². The molecule has 1 atom stereocenters. The number of ether oxygens (including phenoxy) is 1. The van der Waals surface area contributed by atoms with E-state index in [-0.39, 0.29) is 22.6 Å². The van der Waals surface area contributed by atoms with Crippen LogP contribution in [-0.2, 0) is 21.4 Å². The van der Waals surface area contributed by atoms with E-state index < -0.39 is 10.0 Å². The molecule has 0 saturated heterocycles. The smallest absolute Gasteiger partial charge is 0.243 e. The molecule has 1 aromatic carbocycles. The predicted molar refractivity (Wildman–Crippen MR) is 78.3 cm³/mol. The van der Waals surface area contributed by atoms with Crippen LogP contribution >= 0.6 is 11.6 Å². The van der Waals surface area contributed by atoms with Crippen LogP contribution in [0, 0.1) is 0 Å². The summed E-state index contributed by atoms with van der Waals surface area (Å²) in [4.78, 5) is 0.115. The Bertz CT molecular complexity index is 547. The van der Waals surface area contributed by atoms with Gasteiger partial charge in [-0.25, -0.2) is 8.42 Å². The average molecular weight is 322 g/mol. The van der Waals surface area contributed by atoms with Crippen molar-refractivity contribution in [2.24, 2.45) is 0 Å². The maximum atomic E-state index is 12.6. The van der Waals surface area contributed by atoms with Crippen molar-refractivity contribution in [3.8, 4) is 0 Å². The molecule has 0 aliphatic carbocycles. The standard InChI is InChI=1S/C13H20ClNO4S/c1-4-15(10(2)9-19-3)20(17,18)12-6-5-11(8-16)13(14)7-12/h5-7,10,16H,4,8-9H2,1-3H3. The zero-order valence-corrected chi connectivity index (χ0v) is 13.4. The fraction of sp³-hybridized carbons (Fsp3) is 0.538. The second kappa shape index (κ2) is 7.38. The summed E-state index contributed by atoms with van der Waals surface area (Å²) in [5, 5.41) is 9.30. The molecule has 0 fully saturated rings. The number of sulfonamides is 1. The van der Waals surface area contributed by atoms with E-state index in [1.54, 1.807) is 13.8 Å². The summed E-state index contributed by atoms with van der Waals surface area (Å²) >= 11 is 5.96. The van der Waals surface area contributed by atoms with Crippen LogP contribution in [0.4, 0.5) is 0 Å². The van der Waals surface area contributed by atoms with E-state index in [0.29, 0.717) is 18.7 Å². The predicted octanol–water partition coefficient (Wildman–Crippen LogP) is 1.88. The lowest BCUT2D eigenvalue weighted by Crippen LogP contribution is -2.40. The minimum absolute atomic E-state index is 0.115. The first kappa shape index (κ1) is 17.4. The van der Waals surface area contributed by atoms with E-state index in [2.05, 4.69) is 0 Å². The third-order valence-electron chi connectivity index (χ3n) is 3.01. The molecule has 1 aromatic rings. The molecule has 0 amide bonds. The first-order valence-electron chi connectivity index (χ1n) is 6.28. The summed E-state index contributed by atoms with van der Waals surface area (Å²) in [5.41, 5.74) is 0.499. The number of nitrogens with zero attached hydrogens (tertiary/aromatic N) is 1. The number of rotatable bonds is 7. The highest BCUT2D eigenvalue weighted by Crippen LogP contribution is 2.24. The van der Waals surface area contributed by atoms with Crippen molar-refractivity contribution in [3.05, 3.63) is 28.8 Å². The van der Waals surface area contributed by atoms with Crippen LogP contribution in [0.3, 0.4) is 0 Å². The van der Waals surface area contributed by atoms with Gasteiger partial charge in [0.05, 0.1) is 18.1 Å². The molecule has 7 heteroatoms. The van der Waals surface area contributed by atoms with Crippen molar-refractivity contribution in [2.45, 2.75) is 31.4 Å². The molecule has 1 unspecified atom stereocenters. The van der Waals surface area contributed by atoms with Crippen molar-refractivity contribution >= 4 is 21.6 Å². The second-order valence-electron chi connectivity index (χ2n) is 4.42.